The van der Waals surface area contributed by atoms with Gasteiger partial charge in [-0.2, -0.15) is 0 Å². The molecule has 0 saturated heterocycles. The van der Waals surface area contributed by atoms with Gasteiger partial charge in [-0.15, -0.1) is 0 Å². The third-order valence-electron chi connectivity index (χ3n) is 2.64. The van der Waals surface area contributed by atoms with Gasteiger partial charge in [-0.05, 0) is 49.6 Å². The number of hydrogen-bond acceptors (Lipinski definition) is 1. The van der Waals surface area contributed by atoms with Crippen molar-refractivity contribution in [2.24, 2.45) is 0 Å². The Labute approximate surface area is 100 Å². The standard InChI is InChI=1S/C14H15FO2/c1-9(11(3)14(16)17)8-10(2)12-4-6-13(15)7-5-12/h4-8H,1-3H3,(H,16,17)/b10-8+,11-9+. The van der Waals surface area contributed by atoms with Crippen molar-refractivity contribution >= 4 is 11.5 Å². The van der Waals surface area contributed by atoms with Crippen LogP contribution in [0, 0.1) is 5.82 Å². The van der Waals surface area contributed by atoms with Crippen LogP contribution in [0.3, 0.4) is 0 Å². The summed E-state index contributed by atoms with van der Waals surface area (Å²) in [5, 5.41) is 8.84. The van der Waals surface area contributed by atoms with E-state index in [1.807, 2.05) is 6.92 Å². The Balaban J connectivity index is 3.05. The van der Waals surface area contributed by atoms with E-state index in [0.717, 1.165) is 11.1 Å². The van der Waals surface area contributed by atoms with E-state index >= 15 is 0 Å². The van der Waals surface area contributed by atoms with Gasteiger partial charge in [-0.25, -0.2) is 9.18 Å². The molecule has 1 aromatic rings. The average Bonchev–Trinajstić information content (AvgIpc) is 2.28. The number of halogens is 1. The lowest BCUT2D eigenvalue weighted by molar-refractivity contribution is -0.132. The fourth-order valence-corrected chi connectivity index (χ4v) is 1.40. The summed E-state index contributed by atoms with van der Waals surface area (Å²) >= 11 is 0. The zero-order valence-corrected chi connectivity index (χ0v) is 10.1. The molecule has 0 saturated carbocycles. The first-order chi connectivity index (χ1) is 7.91. The van der Waals surface area contributed by atoms with Crippen LogP contribution in [-0.4, -0.2) is 11.1 Å². The number of carboxylic acids is 1. The first-order valence-electron chi connectivity index (χ1n) is 5.27. The summed E-state index contributed by atoms with van der Waals surface area (Å²) in [5.41, 5.74) is 2.79. The van der Waals surface area contributed by atoms with Gasteiger partial charge in [0.2, 0.25) is 0 Å². The molecule has 0 heterocycles. The molecule has 0 atom stereocenters. The number of allylic oxidation sites excluding steroid dienone is 3. The molecule has 0 aliphatic rings. The van der Waals surface area contributed by atoms with Crippen molar-refractivity contribution in [3.8, 4) is 0 Å². The van der Waals surface area contributed by atoms with E-state index in [9.17, 15) is 9.18 Å². The zero-order valence-electron chi connectivity index (χ0n) is 10.1. The monoisotopic (exact) mass is 234 g/mol. The van der Waals surface area contributed by atoms with E-state index in [-0.39, 0.29) is 5.82 Å². The van der Waals surface area contributed by atoms with Crippen molar-refractivity contribution in [2.45, 2.75) is 20.8 Å². The lowest BCUT2D eigenvalue weighted by Gasteiger charge is -2.03. The number of benzene rings is 1. The third kappa shape index (κ3) is 3.55. The van der Waals surface area contributed by atoms with Crippen LogP contribution >= 0.6 is 0 Å². The highest BCUT2D eigenvalue weighted by Crippen LogP contribution is 2.17. The summed E-state index contributed by atoms with van der Waals surface area (Å²) in [6.07, 6.45) is 1.79. The van der Waals surface area contributed by atoms with Crippen LogP contribution in [0.15, 0.2) is 41.5 Å². The molecule has 2 nitrogen and oxygen atoms in total. The maximum atomic E-state index is 12.7. The van der Waals surface area contributed by atoms with Gasteiger partial charge in [0, 0.05) is 5.57 Å². The molecular weight excluding hydrogens is 219 g/mol. The summed E-state index contributed by atoms with van der Waals surface area (Å²) in [6.45, 7) is 5.18. The normalized spacial score (nSPS) is 13.3. The van der Waals surface area contributed by atoms with Crippen LogP contribution in [0.2, 0.25) is 0 Å². The molecule has 0 unspecified atom stereocenters. The van der Waals surface area contributed by atoms with Crippen molar-refractivity contribution in [3.63, 3.8) is 0 Å². The second-order valence-electron chi connectivity index (χ2n) is 3.95. The Morgan fingerprint density at radius 2 is 1.71 bits per heavy atom. The van der Waals surface area contributed by atoms with Crippen LogP contribution in [0.25, 0.3) is 5.57 Å². The fraction of sp³-hybridized carbons (Fsp3) is 0.214. The van der Waals surface area contributed by atoms with E-state index in [2.05, 4.69) is 0 Å². The summed E-state index contributed by atoms with van der Waals surface area (Å²) in [5.74, 6) is -1.21. The van der Waals surface area contributed by atoms with Gasteiger partial charge in [0.25, 0.3) is 0 Å². The minimum absolute atomic E-state index is 0.282. The van der Waals surface area contributed by atoms with Crippen molar-refractivity contribution in [1.82, 2.24) is 0 Å². The largest absolute Gasteiger partial charge is 0.478 e. The SMILES string of the molecule is C/C(=C\C(C)=C(/C)C(=O)O)c1ccc(F)cc1. The molecule has 1 N–H and O–H groups in total. The smallest absolute Gasteiger partial charge is 0.331 e. The van der Waals surface area contributed by atoms with Gasteiger partial charge in [-0.3, -0.25) is 0 Å². The molecule has 3 heteroatoms. The van der Waals surface area contributed by atoms with Gasteiger partial charge in [0.05, 0.1) is 0 Å². The highest BCUT2D eigenvalue weighted by molar-refractivity contribution is 5.88. The highest BCUT2D eigenvalue weighted by Gasteiger charge is 2.04. The van der Waals surface area contributed by atoms with Crippen molar-refractivity contribution in [3.05, 3.63) is 52.9 Å². The lowest BCUT2D eigenvalue weighted by atomic mass is 10.0. The Hall–Kier alpha value is -1.90. The summed E-state index contributed by atoms with van der Waals surface area (Å²) < 4.78 is 12.7. The molecule has 0 radical (unpaired) electrons. The van der Waals surface area contributed by atoms with Crippen LogP contribution in [0.5, 0.6) is 0 Å². The van der Waals surface area contributed by atoms with Gasteiger partial charge in [0.1, 0.15) is 5.82 Å². The van der Waals surface area contributed by atoms with E-state index in [1.165, 1.54) is 12.1 Å². The molecule has 0 aliphatic heterocycles. The molecule has 0 aromatic heterocycles. The molecule has 0 fully saturated rings. The predicted octanol–water partition coefficient (Wildman–Crippen LogP) is 3.65. The second-order valence-corrected chi connectivity index (χ2v) is 3.95. The molecule has 1 aromatic carbocycles. The Bertz CT molecular complexity index is 481. The molecule has 0 amide bonds. The van der Waals surface area contributed by atoms with Gasteiger partial charge in [-0.1, -0.05) is 18.2 Å². The Morgan fingerprint density at radius 3 is 2.18 bits per heavy atom. The van der Waals surface area contributed by atoms with Gasteiger partial charge in [0.15, 0.2) is 0 Å². The average molecular weight is 234 g/mol. The summed E-state index contributed by atoms with van der Waals surface area (Å²) in [6, 6.07) is 6.11. The number of rotatable bonds is 3. The molecule has 0 spiro atoms. The number of hydrogen-bond donors (Lipinski definition) is 1. The summed E-state index contributed by atoms with van der Waals surface area (Å²) in [7, 11) is 0. The zero-order chi connectivity index (χ0) is 13.0. The fourth-order valence-electron chi connectivity index (χ4n) is 1.40. The molecule has 1 rings (SSSR count). The molecule has 0 bridgehead atoms. The van der Waals surface area contributed by atoms with E-state index in [4.69, 9.17) is 5.11 Å². The minimum Gasteiger partial charge on any atom is -0.478 e. The van der Waals surface area contributed by atoms with Crippen molar-refractivity contribution < 1.29 is 14.3 Å². The molecule has 0 aliphatic carbocycles. The van der Waals surface area contributed by atoms with Crippen molar-refractivity contribution in [1.29, 1.82) is 0 Å². The number of carboxylic acid groups (broad SMARTS) is 1. The Morgan fingerprint density at radius 1 is 1.18 bits per heavy atom. The Kier molecular flexibility index (Phi) is 4.21. The molecular formula is C14H15FO2. The van der Waals surface area contributed by atoms with Crippen LogP contribution in [0.4, 0.5) is 4.39 Å². The maximum Gasteiger partial charge on any atom is 0.331 e. The molecule has 90 valence electrons. The second kappa shape index (κ2) is 5.43. The third-order valence-corrected chi connectivity index (χ3v) is 2.64. The first kappa shape index (κ1) is 13.2. The van der Waals surface area contributed by atoms with E-state index in [0.29, 0.717) is 11.1 Å². The van der Waals surface area contributed by atoms with Gasteiger partial charge >= 0.3 is 5.97 Å². The topological polar surface area (TPSA) is 37.3 Å². The number of aliphatic carboxylic acids is 1. The minimum atomic E-state index is -0.925. The summed E-state index contributed by atoms with van der Waals surface area (Å²) in [4.78, 5) is 10.8. The first-order valence-corrected chi connectivity index (χ1v) is 5.27. The van der Waals surface area contributed by atoms with Crippen LogP contribution < -0.4 is 0 Å². The lowest BCUT2D eigenvalue weighted by Crippen LogP contribution is -1.98. The van der Waals surface area contributed by atoms with E-state index in [1.54, 1.807) is 32.1 Å². The quantitative estimate of drug-likeness (QED) is 0.640. The maximum absolute atomic E-state index is 12.7. The number of carbonyl (C=O) groups is 1. The van der Waals surface area contributed by atoms with Crippen molar-refractivity contribution in [2.75, 3.05) is 0 Å². The van der Waals surface area contributed by atoms with Crippen LogP contribution in [0.1, 0.15) is 26.3 Å². The highest BCUT2D eigenvalue weighted by atomic mass is 19.1. The van der Waals surface area contributed by atoms with Crippen LogP contribution in [-0.2, 0) is 4.79 Å². The van der Waals surface area contributed by atoms with E-state index < -0.39 is 5.97 Å². The van der Waals surface area contributed by atoms with Gasteiger partial charge < -0.3 is 5.11 Å². The molecule has 17 heavy (non-hydrogen) atoms. The predicted molar refractivity (Wildman–Crippen MR) is 66.1 cm³/mol.